The predicted octanol–water partition coefficient (Wildman–Crippen LogP) is -0.232. The van der Waals surface area contributed by atoms with Gasteiger partial charge in [0.15, 0.2) is 0 Å². The molecule has 2 aromatic rings. The van der Waals surface area contributed by atoms with E-state index in [1.807, 2.05) is 0 Å². The molecule has 0 aliphatic carbocycles. The second-order valence-electron chi connectivity index (χ2n) is 6.59. The van der Waals surface area contributed by atoms with Crippen LogP contribution in [0.5, 0.6) is 5.75 Å². The average molecular weight is 420 g/mol. The van der Waals surface area contributed by atoms with Gasteiger partial charge in [-0.2, -0.15) is 5.10 Å². The number of amides is 1. The van der Waals surface area contributed by atoms with Gasteiger partial charge in [-0.3, -0.25) is 4.79 Å². The fourth-order valence-electron chi connectivity index (χ4n) is 2.76. The van der Waals surface area contributed by atoms with Gasteiger partial charge in [0, 0.05) is 5.56 Å². The van der Waals surface area contributed by atoms with Gasteiger partial charge >= 0.3 is 0 Å². The summed E-state index contributed by atoms with van der Waals surface area (Å²) in [6, 6.07) is 11.4. The summed E-state index contributed by atoms with van der Waals surface area (Å²) in [5, 5.41) is 42.5. The molecule has 30 heavy (non-hydrogen) atoms. The first-order chi connectivity index (χ1) is 14.4. The maximum atomic E-state index is 12.9. The normalized spacial score (nSPS) is 26.5. The molecule has 9 nitrogen and oxygen atoms in total. The number of carbonyl (C=O) groups excluding carboxylic acids is 1. The number of hydrogen-bond donors (Lipinski definition) is 5. The molecule has 0 unspecified atom stereocenters. The summed E-state index contributed by atoms with van der Waals surface area (Å²) in [5.74, 6) is -0.638. The summed E-state index contributed by atoms with van der Waals surface area (Å²) < 4.78 is 23.6. The predicted molar refractivity (Wildman–Crippen MR) is 102 cm³/mol. The summed E-state index contributed by atoms with van der Waals surface area (Å²) in [6.45, 7) is -0.567. The van der Waals surface area contributed by atoms with Crippen LogP contribution in [-0.2, 0) is 4.74 Å². The van der Waals surface area contributed by atoms with Gasteiger partial charge < -0.3 is 29.9 Å². The second kappa shape index (κ2) is 9.74. The molecule has 0 spiro atoms. The van der Waals surface area contributed by atoms with Crippen LogP contribution in [0.4, 0.5) is 4.39 Å². The van der Waals surface area contributed by atoms with Crippen molar-refractivity contribution in [3.05, 3.63) is 65.5 Å². The monoisotopic (exact) mass is 420 g/mol. The van der Waals surface area contributed by atoms with Gasteiger partial charge in [-0.15, -0.1) is 0 Å². The van der Waals surface area contributed by atoms with Crippen LogP contribution >= 0.6 is 0 Å². The van der Waals surface area contributed by atoms with E-state index in [0.717, 1.165) is 0 Å². The van der Waals surface area contributed by atoms with Crippen molar-refractivity contribution in [2.75, 3.05) is 6.61 Å². The number of ether oxygens (including phenoxy) is 2. The number of aliphatic hydroxyl groups excluding tert-OH is 4. The Morgan fingerprint density at radius 1 is 1.07 bits per heavy atom. The molecule has 160 valence electrons. The highest BCUT2D eigenvalue weighted by Gasteiger charge is 2.44. The van der Waals surface area contributed by atoms with Crippen LogP contribution in [-0.4, -0.2) is 69.9 Å². The Bertz CT molecular complexity index is 874. The fourth-order valence-corrected chi connectivity index (χ4v) is 2.76. The van der Waals surface area contributed by atoms with Crippen molar-refractivity contribution < 1.29 is 39.1 Å². The first-order valence-corrected chi connectivity index (χ1v) is 9.05. The Morgan fingerprint density at radius 3 is 2.37 bits per heavy atom. The van der Waals surface area contributed by atoms with Crippen molar-refractivity contribution >= 4 is 12.1 Å². The van der Waals surface area contributed by atoms with E-state index in [4.69, 9.17) is 9.47 Å². The summed E-state index contributed by atoms with van der Waals surface area (Å²) in [7, 11) is 0. The van der Waals surface area contributed by atoms with Crippen molar-refractivity contribution in [3.63, 3.8) is 0 Å². The zero-order chi connectivity index (χ0) is 21.7. The highest BCUT2D eigenvalue weighted by molar-refractivity contribution is 5.94. The van der Waals surface area contributed by atoms with Crippen LogP contribution < -0.4 is 10.2 Å². The molecule has 5 N–H and O–H groups in total. The molecule has 0 aromatic heterocycles. The molecule has 1 fully saturated rings. The number of nitrogens with one attached hydrogen (secondary N) is 1. The zero-order valence-electron chi connectivity index (χ0n) is 15.6. The quantitative estimate of drug-likeness (QED) is 0.321. The van der Waals surface area contributed by atoms with Gasteiger partial charge in [0.05, 0.1) is 12.8 Å². The largest absolute Gasteiger partial charge is 0.462 e. The first kappa shape index (κ1) is 21.8. The van der Waals surface area contributed by atoms with Crippen LogP contribution in [0.2, 0.25) is 0 Å². The molecular weight excluding hydrogens is 399 g/mol. The lowest BCUT2D eigenvalue weighted by Gasteiger charge is -2.39. The molecule has 2 aromatic carbocycles. The van der Waals surface area contributed by atoms with Crippen molar-refractivity contribution in [1.82, 2.24) is 5.43 Å². The summed E-state index contributed by atoms with van der Waals surface area (Å²) in [6.07, 6.45) is -5.60. The van der Waals surface area contributed by atoms with Crippen molar-refractivity contribution in [3.8, 4) is 5.75 Å². The summed E-state index contributed by atoms with van der Waals surface area (Å²) >= 11 is 0. The molecular formula is C20H21FN2O7. The summed E-state index contributed by atoms with van der Waals surface area (Å²) in [4.78, 5) is 12.1. The smallest absolute Gasteiger partial charge is 0.271 e. The van der Waals surface area contributed by atoms with E-state index in [0.29, 0.717) is 5.56 Å². The van der Waals surface area contributed by atoms with E-state index in [1.165, 1.54) is 54.7 Å². The second-order valence-corrected chi connectivity index (χ2v) is 6.59. The van der Waals surface area contributed by atoms with Crippen molar-refractivity contribution in [1.29, 1.82) is 0 Å². The molecule has 3 rings (SSSR count). The lowest BCUT2D eigenvalue weighted by atomic mass is 9.99. The Hall–Kier alpha value is -2.89. The number of hydrazone groups is 1. The molecule has 0 saturated carbocycles. The molecule has 1 saturated heterocycles. The molecule has 1 amide bonds. The van der Waals surface area contributed by atoms with Crippen molar-refractivity contribution in [2.45, 2.75) is 30.7 Å². The van der Waals surface area contributed by atoms with Gasteiger partial charge in [0.25, 0.3) is 5.91 Å². The topological polar surface area (TPSA) is 141 Å². The SMILES string of the molecule is O=C(N/N=C/c1ccc(F)cc1)c1ccc(O[C@@H]2O[C@H](CO)[C@@H](O)[C@H](O)[C@H]2O)cc1. The van der Waals surface area contributed by atoms with Crippen LogP contribution in [0.15, 0.2) is 53.6 Å². The number of hydrogen-bond acceptors (Lipinski definition) is 8. The van der Waals surface area contributed by atoms with E-state index in [1.54, 1.807) is 0 Å². The Labute approximate surface area is 171 Å². The Kier molecular flexibility index (Phi) is 7.08. The molecule has 0 radical (unpaired) electrons. The third kappa shape index (κ3) is 5.17. The molecule has 0 bridgehead atoms. The number of carbonyl (C=O) groups is 1. The fraction of sp³-hybridized carbons (Fsp3) is 0.300. The van der Waals surface area contributed by atoms with E-state index < -0.39 is 43.2 Å². The molecule has 10 heteroatoms. The van der Waals surface area contributed by atoms with Crippen LogP contribution in [0.25, 0.3) is 0 Å². The zero-order valence-corrected chi connectivity index (χ0v) is 15.6. The van der Waals surface area contributed by atoms with Crippen LogP contribution in [0, 0.1) is 5.82 Å². The molecule has 5 atom stereocenters. The minimum atomic E-state index is -1.55. The number of halogens is 1. The average Bonchev–Trinajstić information content (AvgIpc) is 2.76. The van der Waals surface area contributed by atoms with E-state index in [9.17, 15) is 29.6 Å². The molecule has 1 aliphatic rings. The highest BCUT2D eigenvalue weighted by Crippen LogP contribution is 2.24. The number of aliphatic hydroxyl groups is 4. The van der Waals surface area contributed by atoms with Gasteiger partial charge in [-0.05, 0) is 42.0 Å². The van der Waals surface area contributed by atoms with E-state index in [-0.39, 0.29) is 17.1 Å². The highest BCUT2D eigenvalue weighted by atomic mass is 19.1. The standard InChI is InChI=1S/C20H21FN2O7/c21-13-5-1-11(2-6-13)9-22-23-19(28)12-3-7-14(8-4-12)29-20-18(27)17(26)16(25)15(10-24)30-20/h1-9,15-18,20,24-27H,10H2,(H,23,28)/b22-9+/t15-,16-,17+,18-,20-/m1/s1. The maximum absolute atomic E-state index is 12.9. The van der Waals surface area contributed by atoms with Gasteiger partial charge in [-0.25, -0.2) is 9.82 Å². The third-order valence-electron chi connectivity index (χ3n) is 4.47. The number of nitrogens with zero attached hydrogens (tertiary/aromatic N) is 1. The minimum Gasteiger partial charge on any atom is -0.462 e. The summed E-state index contributed by atoms with van der Waals surface area (Å²) in [5.41, 5.74) is 3.22. The molecule has 1 heterocycles. The number of benzene rings is 2. The minimum absolute atomic E-state index is 0.227. The van der Waals surface area contributed by atoms with Crippen molar-refractivity contribution in [2.24, 2.45) is 5.10 Å². The number of rotatable bonds is 6. The van der Waals surface area contributed by atoms with Gasteiger partial charge in [0.2, 0.25) is 6.29 Å². The van der Waals surface area contributed by atoms with E-state index in [2.05, 4.69) is 10.5 Å². The first-order valence-electron chi connectivity index (χ1n) is 9.05. The van der Waals surface area contributed by atoms with Gasteiger partial charge in [-0.1, -0.05) is 12.1 Å². The lowest BCUT2D eigenvalue weighted by Crippen LogP contribution is -2.60. The van der Waals surface area contributed by atoms with Crippen LogP contribution in [0.1, 0.15) is 15.9 Å². The van der Waals surface area contributed by atoms with Gasteiger partial charge in [0.1, 0.15) is 36.0 Å². The maximum Gasteiger partial charge on any atom is 0.271 e. The third-order valence-corrected chi connectivity index (χ3v) is 4.47. The lowest BCUT2D eigenvalue weighted by molar-refractivity contribution is -0.277. The molecule has 1 aliphatic heterocycles. The van der Waals surface area contributed by atoms with Crippen LogP contribution in [0.3, 0.4) is 0 Å². The van der Waals surface area contributed by atoms with E-state index >= 15 is 0 Å². The Balaban J connectivity index is 1.57. The Morgan fingerprint density at radius 2 is 1.73 bits per heavy atom.